The van der Waals surface area contributed by atoms with Crippen molar-refractivity contribution < 1.29 is 30.9 Å². The standard InChI is InChI=1S/C10H7F3N2O4S/c11-10(12,13)20(17,18)15-9(16)5-7-6-3-1-2-4-8(6)19-14-7/h1-4H,5H2,(H,15,16)/i14+1. The van der Waals surface area contributed by atoms with E-state index in [-0.39, 0.29) is 5.69 Å². The molecule has 1 aromatic carbocycles. The van der Waals surface area contributed by atoms with Crippen LogP contribution in [0.4, 0.5) is 13.2 Å². The number of benzene rings is 1. The number of amides is 1. The summed E-state index contributed by atoms with van der Waals surface area (Å²) < 4.78 is 63.5. The second-order valence-electron chi connectivity index (χ2n) is 3.78. The highest BCUT2D eigenvalue weighted by Gasteiger charge is 2.47. The van der Waals surface area contributed by atoms with Crippen LogP contribution < -0.4 is 4.72 Å². The van der Waals surface area contributed by atoms with Crippen LogP contribution in [-0.4, -0.2) is 25.0 Å². The average molecular weight is 309 g/mol. The van der Waals surface area contributed by atoms with E-state index in [1.807, 2.05) is 0 Å². The van der Waals surface area contributed by atoms with Crippen molar-refractivity contribution in [2.45, 2.75) is 11.9 Å². The summed E-state index contributed by atoms with van der Waals surface area (Å²) >= 11 is 0. The minimum absolute atomic E-state index is 0.0514. The molecule has 0 aliphatic heterocycles. The Bertz CT molecular complexity index is 751. The number of aromatic nitrogens is 1. The molecule has 0 bridgehead atoms. The molecule has 2 aromatic rings. The molecule has 2 rings (SSSR count). The summed E-state index contributed by atoms with van der Waals surface area (Å²) in [4.78, 5) is 11.3. The topological polar surface area (TPSA) is 89.3 Å². The maximum absolute atomic E-state index is 12.1. The van der Waals surface area contributed by atoms with Crippen LogP contribution in [0.5, 0.6) is 0 Å². The summed E-state index contributed by atoms with van der Waals surface area (Å²) in [6, 6.07) is 6.36. The number of carbonyl (C=O) groups excluding carboxylic acids is 1. The van der Waals surface area contributed by atoms with Gasteiger partial charge in [-0.2, -0.15) is 21.6 Å². The number of halogens is 3. The fourth-order valence-corrected chi connectivity index (χ4v) is 1.95. The zero-order chi connectivity index (χ0) is 15.0. The van der Waals surface area contributed by atoms with E-state index in [9.17, 15) is 26.4 Å². The molecule has 10 heteroatoms. The van der Waals surface area contributed by atoms with Gasteiger partial charge >= 0.3 is 15.5 Å². The van der Waals surface area contributed by atoms with Crippen molar-refractivity contribution in [3.8, 4) is 0 Å². The summed E-state index contributed by atoms with van der Waals surface area (Å²) in [5, 5.41) is 3.94. The van der Waals surface area contributed by atoms with E-state index in [2.05, 4.69) is 5.16 Å². The number of nitrogens with one attached hydrogen (secondary N) is 1. The molecule has 0 unspecified atom stereocenters. The van der Waals surface area contributed by atoms with Crippen LogP contribution in [0.15, 0.2) is 28.8 Å². The number of hydrogen-bond acceptors (Lipinski definition) is 5. The Morgan fingerprint density at radius 1 is 1.30 bits per heavy atom. The first-order valence-corrected chi connectivity index (χ1v) is 6.64. The van der Waals surface area contributed by atoms with E-state index in [1.165, 1.54) is 0 Å². The molecule has 0 saturated carbocycles. The third kappa shape index (κ3) is 2.74. The van der Waals surface area contributed by atoms with Gasteiger partial charge in [-0.05, 0) is 12.1 Å². The Balaban J connectivity index is 2.17. The molecule has 1 aromatic heterocycles. The lowest BCUT2D eigenvalue weighted by Crippen LogP contribution is -2.40. The average Bonchev–Trinajstić information content (AvgIpc) is 2.70. The number of para-hydroxylation sites is 1. The van der Waals surface area contributed by atoms with Gasteiger partial charge in [0.2, 0.25) is 5.91 Å². The third-order valence-electron chi connectivity index (χ3n) is 2.33. The number of alkyl halides is 3. The Hall–Kier alpha value is -2.10. The highest BCUT2D eigenvalue weighted by atomic mass is 32.2. The van der Waals surface area contributed by atoms with Crippen LogP contribution in [0.3, 0.4) is 0 Å². The molecular formula is C10H7F3N2O4S. The highest BCUT2D eigenvalue weighted by Crippen LogP contribution is 2.22. The molecule has 1 heterocycles. The normalized spacial score (nSPS) is 12.6. The molecule has 1 amide bonds. The Morgan fingerprint density at radius 2 is 1.95 bits per heavy atom. The summed E-state index contributed by atoms with van der Waals surface area (Å²) in [6.45, 7) is 0. The number of carbonyl (C=O) groups is 1. The zero-order valence-corrected chi connectivity index (χ0v) is 10.5. The van der Waals surface area contributed by atoms with E-state index < -0.39 is 27.9 Å². The molecular weight excluding hydrogens is 302 g/mol. The number of sulfonamides is 1. The van der Waals surface area contributed by atoms with Crippen LogP contribution in [0.25, 0.3) is 11.0 Å². The minimum Gasteiger partial charge on any atom is -0.356 e. The zero-order valence-electron chi connectivity index (χ0n) is 9.64. The van der Waals surface area contributed by atoms with Gasteiger partial charge in [0, 0.05) is 5.39 Å². The van der Waals surface area contributed by atoms with Gasteiger partial charge < -0.3 is 4.52 Å². The lowest BCUT2D eigenvalue weighted by Gasteiger charge is -2.08. The molecule has 0 spiro atoms. The van der Waals surface area contributed by atoms with E-state index in [1.54, 1.807) is 24.3 Å². The highest BCUT2D eigenvalue weighted by molar-refractivity contribution is 7.90. The smallest absolute Gasteiger partial charge is 0.356 e. The predicted octanol–water partition coefficient (Wildman–Crippen LogP) is 1.34. The summed E-state index contributed by atoms with van der Waals surface area (Å²) in [7, 11) is -5.71. The number of nitrogens with zero attached hydrogens (tertiary/aromatic N) is 1. The minimum atomic E-state index is -5.71. The van der Waals surface area contributed by atoms with Crippen LogP contribution >= 0.6 is 0 Å². The van der Waals surface area contributed by atoms with Gasteiger partial charge in [0.05, 0.1) is 6.42 Å². The van der Waals surface area contributed by atoms with Gasteiger partial charge in [-0.25, -0.2) is 4.72 Å². The first-order valence-electron chi connectivity index (χ1n) is 5.16. The van der Waals surface area contributed by atoms with Crippen molar-refractivity contribution in [1.82, 2.24) is 9.88 Å². The monoisotopic (exact) mass is 309 g/mol. The second-order valence-corrected chi connectivity index (χ2v) is 5.45. The van der Waals surface area contributed by atoms with Crippen molar-refractivity contribution >= 4 is 26.9 Å². The van der Waals surface area contributed by atoms with Crippen LogP contribution in [0.1, 0.15) is 5.69 Å². The van der Waals surface area contributed by atoms with Gasteiger partial charge in [0.15, 0.2) is 5.58 Å². The predicted molar refractivity (Wildman–Crippen MR) is 60.8 cm³/mol. The largest absolute Gasteiger partial charge is 0.516 e. The van der Waals surface area contributed by atoms with Crippen molar-refractivity contribution in [3.63, 3.8) is 0 Å². The summed E-state index contributed by atoms with van der Waals surface area (Å²) in [6.07, 6.45) is -0.647. The van der Waals surface area contributed by atoms with E-state index >= 15 is 0 Å². The van der Waals surface area contributed by atoms with Gasteiger partial charge in [-0.3, -0.25) is 4.79 Å². The summed E-state index contributed by atoms with van der Waals surface area (Å²) in [5.41, 5.74) is -5.15. The first kappa shape index (κ1) is 14.3. The van der Waals surface area contributed by atoms with E-state index in [4.69, 9.17) is 4.52 Å². The van der Waals surface area contributed by atoms with Crippen LogP contribution in [-0.2, 0) is 21.2 Å². The molecule has 0 radical (unpaired) electrons. The molecule has 20 heavy (non-hydrogen) atoms. The van der Waals surface area contributed by atoms with Gasteiger partial charge in [0.1, 0.15) is 5.69 Å². The molecule has 0 aliphatic carbocycles. The van der Waals surface area contributed by atoms with Gasteiger partial charge in [-0.1, -0.05) is 17.3 Å². The third-order valence-corrected chi connectivity index (χ3v) is 3.44. The van der Waals surface area contributed by atoms with E-state index in [0.717, 1.165) is 4.72 Å². The number of rotatable bonds is 3. The van der Waals surface area contributed by atoms with Crippen LogP contribution in [0, 0.1) is 0 Å². The van der Waals surface area contributed by atoms with Crippen molar-refractivity contribution in [3.05, 3.63) is 30.0 Å². The lowest BCUT2D eigenvalue weighted by molar-refractivity contribution is -0.119. The Kier molecular flexibility index (Phi) is 3.42. The fraction of sp³-hybridized carbons (Fsp3) is 0.200. The molecule has 6 nitrogen and oxygen atoms in total. The van der Waals surface area contributed by atoms with Gasteiger partial charge in [0.25, 0.3) is 0 Å². The number of fused-ring (bicyclic) bond motifs is 1. The molecule has 0 atom stereocenters. The molecule has 0 fully saturated rings. The van der Waals surface area contributed by atoms with Gasteiger partial charge in [-0.15, -0.1) is 0 Å². The second kappa shape index (κ2) is 4.78. The quantitative estimate of drug-likeness (QED) is 0.924. The SMILES string of the molecule is O=C(Cc1[15n]oc2ccccc12)NS(=O)(=O)C(F)(F)F. The molecule has 0 aliphatic rings. The Morgan fingerprint density at radius 3 is 2.60 bits per heavy atom. The first-order chi connectivity index (χ1) is 9.21. The maximum Gasteiger partial charge on any atom is 0.516 e. The lowest BCUT2D eigenvalue weighted by atomic mass is 10.2. The van der Waals surface area contributed by atoms with Crippen molar-refractivity contribution in [2.75, 3.05) is 0 Å². The number of hydrogen-bond donors (Lipinski definition) is 1. The van der Waals surface area contributed by atoms with Crippen molar-refractivity contribution in [1.29, 1.82) is 0 Å². The van der Waals surface area contributed by atoms with E-state index in [0.29, 0.717) is 11.0 Å². The summed E-state index contributed by atoms with van der Waals surface area (Å²) in [5.74, 6) is -1.35. The molecule has 1 N–H and O–H groups in total. The van der Waals surface area contributed by atoms with Crippen molar-refractivity contribution in [2.24, 2.45) is 0 Å². The maximum atomic E-state index is 12.1. The fourth-order valence-electron chi connectivity index (χ4n) is 1.46. The molecule has 108 valence electrons. The Labute approximate surface area is 110 Å². The molecule has 0 saturated heterocycles. The van der Waals surface area contributed by atoms with Crippen LogP contribution in [0.2, 0.25) is 0 Å².